The molecule has 28 heavy (non-hydrogen) atoms. The van der Waals surface area contributed by atoms with Gasteiger partial charge in [-0.3, -0.25) is 0 Å². The summed E-state index contributed by atoms with van der Waals surface area (Å²) in [7, 11) is 0. The smallest absolute Gasteiger partial charge is 0.119 e. The molecule has 2 aromatic rings. The molecule has 0 amide bonds. The topological polar surface area (TPSA) is 58.9 Å². The van der Waals surface area contributed by atoms with E-state index in [1.807, 2.05) is 48.5 Å². The Balaban J connectivity index is 1.83. The minimum atomic E-state index is -0.448. The first-order valence-corrected chi connectivity index (χ1v) is 11.9. The Hall–Kier alpha value is -1.34. The molecule has 2 aromatic carbocycles. The molecule has 2 N–H and O–H groups in total. The van der Waals surface area contributed by atoms with Crippen LogP contribution >= 0.6 is 23.5 Å². The van der Waals surface area contributed by atoms with Crippen molar-refractivity contribution >= 4 is 23.5 Å². The molecule has 0 aliphatic rings. The Morgan fingerprint density at radius 3 is 1.36 bits per heavy atom. The maximum absolute atomic E-state index is 9.85. The molecule has 0 aromatic heterocycles. The maximum atomic E-state index is 9.85. The Labute approximate surface area is 176 Å². The van der Waals surface area contributed by atoms with Crippen molar-refractivity contribution in [1.82, 2.24) is 0 Å². The van der Waals surface area contributed by atoms with Gasteiger partial charge in [0.1, 0.15) is 24.7 Å². The Bertz CT molecular complexity index is 602. The van der Waals surface area contributed by atoms with E-state index in [-0.39, 0.29) is 0 Å². The van der Waals surface area contributed by atoms with Crippen LogP contribution in [0.1, 0.15) is 13.8 Å². The first-order chi connectivity index (χ1) is 13.6. The summed E-state index contributed by atoms with van der Waals surface area (Å²) in [4.78, 5) is 0. The number of benzene rings is 2. The highest BCUT2D eigenvalue weighted by atomic mass is 32.2. The van der Waals surface area contributed by atoms with Gasteiger partial charge in [0.25, 0.3) is 0 Å². The molecule has 4 nitrogen and oxygen atoms in total. The highest BCUT2D eigenvalue weighted by Crippen LogP contribution is 2.25. The van der Waals surface area contributed by atoms with E-state index in [0.717, 1.165) is 34.1 Å². The number of aliphatic hydroxyl groups is 2. The molecule has 6 heteroatoms. The van der Waals surface area contributed by atoms with Crippen LogP contribution < -0.4 is 9.47 Å². The van der Waals surface area contributed by atoms with Crippen LogP contribution in [0.25, 0.3) is 11.1 Å². The van der Waals surface area contributed by atoms with Crippen molar-refractivity contribution in [3.8, 4) is 22.6 Å². The van der Waals surface area contributed by atoms with E-state index in [2.05, 4.69) is 13.8 Å². The monoisotopic (exact) mass is 422 g/mol. The van der Waals surface area contributed by atoms with Crippen LogP contribution in [-0.2, 0) is 0 Å². The van der Waals surface area contributed by atoms with Gasteiger partial charge in [0.2, 0.25) is 0 Å². The summed E-state index contributed by atoms with van der Waals surface area (Å²) in [6.45, 7) is 4.76. The maximum Gasteiger partial charge on any atom is 0.119 e. The highest BCUT2D eigenvalue weighted by molar-refractivity contribution is 7.99. The van der Waals surface area contributed by atoms with Crippen molar-refractivity contribution in [2.45, 2.75) is 26.1 Å². The standard InChI is InChI=1S/C22H30O4S2/c1-3-27-15-19(23)13-25-21-9-5-17(6-10-21)18-7-11-22(12-8-18)26-14-20(24)16-28-4-2/h5-12,19-20,23-24H,3-4,13-16H2,1-2H3. The van der Waals surface area contributed by atoms with Crippen molar-refractivity contribution in [2.24, 2.45) is 0 Å². The summed E-state index contributed by atoms with van der Waals surface area (Å²) in [6.07, 6.45) is -0.896. The number of rotatable bonds is 13. The molecule has 0 saturated carbocycles. The number of aliphatic hydroxyl groups excluding tert-OH is 2. The van der Waals surface area contributed by atoms with Crippen LogP contribution in [0.5, 0.6) is 11.5 Å². The molecule has 0 bridgehead atoms. The van der Waals surface area contributed by atoms with Crippen LogP contribution in [0.2, 0.25) is 0 Å². The third-order valence-electron chi connectivity index (χ3n) is 3.96. The van der Waals surface area contributed by atoms with Gasteiger partial charge in [0.15, 0.2) is 0 Å². The molecule has 0 saturated heterocycles. The fourth-order valence-corrected chi connectivity index (χ4v) is 3.68. The average Bonchev–Trinajstić information content (AvgIpc) is 2.74. The predicted octanol–water partition coefficient (Wildman–Crippen LogP) is 4.34. The highest BCUT2D eigenvalue weighted by Gasteiger charge is 2.07. The second-order valence-electron chi connectivity index (χ2n) is 6.30. The second-order valence-corrected chi connectivity index (χ2v) is 8.94. The van der Waals surface area contributed by atoms with Crippen LogP contribution in [-0.4, -0.2) is 58.6 Å². The van der Waals surface area contributed by atoms with E-state index in [4.69, 9.17) is 9.47 Å². The first-order valence-electron chi connectivity index (χ1n) is 9.60. The number of thioether (sulfide) groups is 2. The van der Waals surface area contributed by atoms with E-state index in [1.54, 1.807) is 23.5 Å². The van der Waals surface area contributed by atoms with E-state index >= 15 is 0 Å². The molecular weight excluding hydrogens is 392 g/mol. The van der Waals surface area contributed by atoms with Crippen molar-refractivity contribution in [3.05, 3.63) is 48.5 Å². The molecular formula is C22H30O4S2. The van der Waals surface area contributed by atoms with Crippen molar-refractivity contribution in [3.63, 3.8) is 0 Å². The number of hydrogen-bond acceptors (Lipinski definition) is 6. The minimum Gasteiger partial charge on any atom is -0.491 e. The molecule has 0 fully saturated rings. The third-order valence-corrected chi connectivity index (χ3v) is 6.01. The lowest BCUT2D eigenvalue weighted by Crippen LogP contribution is -2.20. The van der Waals surface area contributed by atoms with E-state index in [0.29, 0.717) is 24.7 Å². The van der Waals surface area contributed by atoms with Gasteiger partial charge in [-0.05, 0) is 46.9 Å². The zero-order chi connectivity index (χ0) is 20.2. The largest absolute Gasteiger partial charge is 0.491 e. The Kier molecular flexibility index (Phi) is 10.6. The average molecular weight is 423 g/mol. The zero-order valence-electron chi connectivity index (χ0n) is 16.5. The lowest BCUT2D eigenvalue weighted by Gasteiger charge is -2.13. The molecule has 0 radical (unpaired) electrons. The van der Waals surface area contributed by atoms with Crippen LogP contribution in [0.4, 0.5) is 0 Å². The molecule has 0 heterocycles. The molecule has 0 aliphatic carbocycles. The van der Waals surface area contributed by atoms with Gasteiger partial charge in [-0.15, -0.1) is 0 Å². The van der Waals surface area contributed by atoms with E-state index in [1.165, 1.54) is 0 Å². The Morgan fingerprint density at radius 1 is 0.679 bits per heavy atom. The van der Waals surface area contributed by atoms with Gasteiger partial charge < -0.3 is 19.7 Å². The van der Waals surface area contributed by atoms with Crippen molar-refractivity contribution in [2.75, 3.05) is 36.2 Å². The first kappa shape index (κ1) is 22.9. The quantitative estimate of drug-likeness (QED) is 0.501. The summed E-state index contributed by atoms with van der Waals surface area (Å²) >= 11 is 3.41. The van der Waals surface area contributed by atoms with Gasteiger partial charge in [-0.25, -0.2) is 0 Å². The normalized spacial score (nSPS) is 13.1. The third kappa shape index (κ3) is 8.35. The molecule has 154 valence electrons. The summed E-state index contributed by atoms with van der Waals surface area (Å²) in [5.41, 5.74) is 2.17. The summed E-state index contributed by atoms with van der Waals surface area (Å²) in [6, 6.07) is 15.7. The molecule has 0 spiro atoms. The molecule has 2 atom stereocenters. The summed E-state index contributed by atoms with van der Waals surface area (Å²) in [5.74, 6) is 4.88. The van der Waals surface area contributed by atoms with Crippen molar-refractivity contribution < 1.29 is 19.7 Å². The van der Waals surface area contributed by atoms with Gasteiger partial charge in [0.05, 0.1) is 12.2 Å². The fraction of sp³-hybridized carbons (Fsp3) is 0.455. The predicted molar refractivity (Wildman–Crippen MR) is 121 cm³/mol. The minimum absolute atomic E-state index is 0.307. The SMILES string of the molecule is CCSCC(O)COc1ccc(-c2ccc(OCC(O)CSCC)cc2)cc1. The summed E-state index contributed by atoms with van der Waals surface area (Å²) < 4.78 is 11.3. The lowest BCUT2D eigenvalue weighted by molar-refractivity contribution is 0.126. The number of hydrogen-bond donors (Lipinski definition) is 2. The van der Waals surface area contributed by atoms with Gasteiger partial charge in [-0.2, -0.15) is 23.5 Å². The van der Waals surface area contributed by atoms with Gasteiger partial charge in [-0.1, -0.05) is 38.1 Å². The molecule has 2 rings (SSSR count). The van der Waals surface area contributed by atoms with E-state index in [9.17, 15) is 10.2 Å². The number of ether oxygens (including phenoxy) is 2. The summed E-state index contributed by atoms with van der Waals surface area (Å²) in [5, 5.41) is 19.7. The molecule has 0 aliphatic heterocycles. The van der Waals surface area contributed by atoms with Gasteiger partial charge >= 0.3 is 0 Å². The van der Waals surface area contributed by atoms with Gasteiger partial charge in [0, 0.05) is 11.5 Å². The Morgan fingerprint density at radius 2 is 1.04 bits per heavy atom. The van der Waals surface area contributed by atoms with Crippen LogP contribution in [0, 0.1) is 0 Å². The van der Waals surface area contributed by atoms with Crippen molar-refractivity contribution in [1.29, 1.82) is 0 Å². The second kappa shape index (κ2) is 13.0. The zero-order valence-corrected chi connectivity index (χ0v) is 18.2. The van der Waals surface area contributed by atoms with E-state index < -0.39 is 12.2 Å². The molecule has 2 unspecified atom stereocenters. The fourth-order valence-electron chi connectivity index (χ4n) is 2.48. The van der Waals surface area contributed by atoms with Crippen LogP contribution in [0.15, 0.2) is 48.5 Å². The lowest BCUT2D eigenvalue weighted by atomic mass is 10.1. The van der Waals surface area contributed by atoms with Crippen LogP contribution in [0.3, 0.4) is 0 Å².